The predicted octanol–water partition coefficient (Wildman–Crippen LogP) is 4.44. The molecule has 22 heavy (non-hydrogen) atoms. The minimum absolute atomic E-state index is 0.328. The minimum Gasteiger partial charge on any atom is -0.478 e. The Bertz CT molecular complexity index is 313. The SMILES string of the molecule is CCCCCCCCCCCCCCNC(=O)C=CC(=O)O. The molecule has 0 radical (unpaired) electrons. The summed E-state index contributed by atoms with van der Waals surface area (Å²) in [6, 6.07) is 0. The van der Waals surface area contributed by atoms with Crippen molar-refractivity contribution in [2.75, 3.05) is 6.54 Å². The third-order valence-corrected chi connectivity index (χ3v) is 3.71. The summed E-state index contributed by atoms with van der Waals surface area (Å²) in [5.74, 6) is -1.43. The zero-order chi connectivity index (χ0) is 16.5. The van der Waals surface area contributed by atoms with Crippen molar-refractivity contribution < 1.29 is 14.7 Å². The van der Waals surface area contributed by atoms with Gasteiger partial charge in [0.2, 0.25) is 5.91 Å². The molecule has 128 valence electrons. The third kappa shape index (κ3) is 16.7. The van der Waals surface area contributed by atoms with Gasteiger partial charge in [-0.1, -0.05) is 77.6 Å². The van der Waals surface area contributed by atoms with Crippen LogP contribution in [-0.4, -0.2) is 23.5 Å². The molecule has 0 aromatic rings. The molecule has 0 aliphatic heterocycles. The normalized spacial score (nSPS) is 11.0. The highest BCUT2D eigenvalue weighted by Crippen LogP contribution is 2.11. The topological polar surface area (TPSA) is 66.4 Å². The highest BCUT2D eigenvalue weighted by molar-refractivity contribution is 5.93. The Morgan fingerprint density at radius 1 is 0.773 bits per heavy atom. The van der Waals surface area contributed by atoms with E-state index in [2.05, 4.69) is 12.2 Å². The molecule has 4 nitrogen and oxygen atoms in total. The number of nitrogens with one attached hydrogen (secondary N) is 1. The molecular formula is C18H33NO3. The summed E-state index contributed by atoms with van der Waals surface area (Å²) in [6.45, 7) is 2.87. The summed E-state index contributed by atoms with van der Waals surface area (Å²) in [5.41, 5.74) is 0. The highest BCUT2D eigenvalue weighted by atomic mass is 16.4. The van der Waals surface area contributed by atoms with E-state index >= 15 is 0 Å². The van der Waals surface area contributed by atoms with Crippen LogP contribution in [0.2, 0.25) is 0 Å². The lowest BCUT2D eigenvalue weighted by Crippen LogP contribution is -2.22. The summed E-state index contributed by atoms with van der Waals surface area (Å²) in [4.78, 5) is 21.4. The van der Waals surface area contributed by atoms with E-state index in [1.807, 2.05) is 0 Å². The van der Waals surface area contributed by atoms with Gasteiger partial charge in [-0.05, 0) is 6.42 Å². The van der Waals surface area contributed by atoms with E-state index in [-0.39, 0.29) is 5.91 Å². The molecule has 0 aromatic carbocycles. The molecule has 0 aliphatic carbocycles. The lowest BCUT2D eigenvalue weighted by molar-refractivity contribution is -0.131. The van der Waals surface area contributed by atoms with Gasteiger partial charge in [-0.3, -0.25) is 4.79 Å². The molecule has 0 rings (SSSR count). The fourth-order valence-electron chi connectivity index (χ4n) is 2.38. The number of hydrogen-bond acceptors (Lipinski definition) is 2. The summed E-state index contributed by atoms with van der Waals surface area (Å²) < 4.78 is 0. The Hall–Kier alpha value is -1.32. The molecule has 2 N–H and O–H groups in total. The van der Waals surface area contributed by atoms with Crippen LogP contribution in [-0.2, 0) is 9.59 Å². The molecule has 0 aliphatic rings. The molecule has 0 atom stereocenters. The van der Waals surface area contributed by atoms with Crippen LogP contribution < -0.4 is 5.32 Å². The Labute approximate surface area is 135 Å². The zero-order valence-electron chi connectivity index (χ0n) is 14.1. The van der Waals surface area contributed by atoms with Crippen molar-refractivity contribution in [2.24, 2.45) is 0 Å². The second-order valence-corrected chi connectivity index (χ2v) is 5.85. The van der Waals surface area contributed by atoms with Gasteiger partial charge in [0, 0.05) is 18.7 Å². The molecule has 0 saturated heterocycles. The van der Waals surface area contributed by atoms with Crippen LogP contribution in [0.15, 0.2) is 12.2 Å². The summed E-state index contributed by atoms with van der Waals surface area (Å²) in [7, 11) is 0. The Morgan fingerprint density at radius 2 is 1.23 bits per heavy atom. The van der Waals surface area contributed by atoms with Crippen molar-refractivity contribution in [3.05, 3.63) is 12.2 Å². The lowest BCUT2D eigenvalue weighted by atomic mass is 10.1. The van der Waals surface area contributed by atoms with E-state index in [0.29, 0.717) is 6.54 Å². The first-order valence-electron chi connectivity index (χ1n) is 8.85. The molecule has 0 bridgehead atoms. The van der Waals surface area contributed by atoms with Crippen molar-refractivity contribution in [3.8, 4) is 0 Å². The molecular weight excluding hydrogens is 278 g/mol. The monoisotopic (exact) mass is 311 g/mol. The van der Waals surface area contributed by atoms with Gasteiger partial charge >= 0.3 is 5.97 Å². The standard InChI is InChI=1S/C18H33NO3/c1-2-3-4-5-6-7-8-9-10-11-12-13-16-19-17(20)14-15-18(21)22/h14-15H,2-13,16H2,1H3,(H,19,20)(H,21,22). The van der Waals surface area contributed by atoms with E-state index in [4.69, 9.17) is 5.11 Å². The van der Waals surface area contributed by atoms with Crippen molar-refractivity contribution in [1.29, 1.82) is 0 Å². The number of carbonyl (C=O) groups is 2. The first-order chi connectivity index (χ1) is 10.7. The Morgan fingerprint density at radius 3 is 1.68 bits per heavy atom. The number of carboxylic acid groups (broad SMARTS) is 1. The summed E-state index contributed by atoms with van der Waals surface area (Å²) in [5, 5.41) is 11.1. The molecule has 0 spiro atoms. The van der Waals surface area contributed by atoms with E-state index in [1.54, 1.807) is 0 Å². The fraction of sp³-hybridized carbons (Fsp3) is 0.778. The van der Waals surface area contributed by atoms with Crippen LogP contribution in [0.1, 0.15) is 84.0 Å². The van der Waals surface area contributed by atoms with Crippen LogP contribution in [0.4, 0.5) is 0 Å². The van der Waals surface area contributed by atoms with Crippen LogP contribution in [0, 0.1) is 0 Å². The van der Waals surface area contributed by atoms with Gasteiger partial charge < -0.3 is 10.4 Å². The molecule has 0 heterocycles. The van der Waals surface area contributed by atoms with E-state index in [0.717, 1.165) is 25.0 Å². The molecule has 4 heteroatoms. The molecule has 0 unspecified atom stereocenters. The average Bonchev–Trinajstić information content (AvgIpc) is 2.49. The number of hydrogen-bond donors (Lipinski definition) is 2. The van der Waals surface area contributed by atoms with Crippen LogP contribution in [0.25, 0.3) is 0 Å². The average molecular weight is 311 g/mol. The first-order valence-corrected chi connectivity index (χ1v) is 8.85. The highest BCUT2D eigenvalue weighted by Gasteiger charge is 1.97. The number of carboxylic acids is 1. The number of rotatable bonds is 15. The van der Waals surface area contributed by atoms with E-state index in [1.165, 1.54) is 64.2 Å². The second kappa shape index (κ2) is 16.1. The van der Waals surface area contributed by atoms with Gasteiger partial charge in [-0.25, -0.2) is 4.79 Å². The number of unbranched alkanes of at least 4 members (excludes halogenated alkanes) is 11. The van der Waals surface area contributed by atoms with Gasteiger partial charge in [0.1, 0.15) is 0 Å². The molecule has 1 amide bonds. The summed E-state index contributed by atoms with van der Waals surface area (Å²) in [6.07, 6.45) is 17.4. The van der Waals surface area contributed by atoms with Gasteiger partial charge in [-0.15, -0.1) is 0 Å². The maximum Gasteiger partial charge on any atom is 0.328 e. The van der Waals surface area contributed by atoms with Crippen molar-refractivity contribution in [2.45, 2.75) is 84.0 Å². The van der Waals surface area contributed by atoms with Crippen LogP contribution in [0.3, 0.4) is 0 Å². The van der Waals surface area contributed by atoms with Crippen molar-refractivity contribution in [3.63, 3.8) is 0 Å². The second-order valence-electron chi connectivity index (χ2n) is 5.85. The third-order valence-electron chi connectivity index (χ3n) is 3.71. The van der Waals surface area contributed by atoms with Crippen LogP contribution in [0.5, 0.6) is 0 Å². The largest absolute Gasteiger partial charge is 0.478 e. The van der Waals surface area contributed by atoms with E-state index in [9.17, 15) is 9.59 Å². The summed E-state index contributed by atoms with van der Waals surface area (Å²) >= 11 is 0. The maximum atomic E-state index is 11.2. The van der Waals surface area contributed by atoms with Gasteiger partial charge in [-0.2, -0.15) is 0 Å². The number of carbonyl (C=O) groups excluding carboxylic acids is 1. The fourth-order valence-corrected chi connectivity index (χ4v) is 2.38. The quantitative estimate of drug-likeness (QED) is 0.347. The number of amides is 1. The molecule has 0 saturated carbocycles. The smallest absolute Gasteiger partial charge is 0.328 e. The van der Waals surface area contributed by atoms with Gasteiger partial charge in [0.25, 0.3) is 0 Å². The Balaban J connectivity index is 3.17. The molecule has 0 fully saturated rings. The predicted molar refractivity (Wildman–Crippen MR) is 90.9 cm³/mol. The van der Waals surface area contributed by atoms with Crippen LogP contribution >= 0.6 is 0 Å². The minimum atomic E-state index is -1.10. The lowest BCUT2D eigenvalue weighted by Gasteiger charge is -2.03. The Kier molecular flexibility index (Phi) is 15.1. The van der Waals surface area contributed by atoms with Crippen molar-refractivity contribution >= 4 is 11.9 Å². The first kappa shape index (κ1) is 20.7. The van der Waals surface area contributed by atoms with Crippen molar-refractivity contribution in [1.82, 2.24) is 5.32 Å². The zero-order valence-corrected chi connectivity index (χ0v) is 14.1. The van der Waals surface area contributed by atoms with Gasteiger partial charge in [0.15, 0.2) is 0 Å². The number of aliphatic carboxylic acids is 1. The maximum absolute atomic E-state index is 11.2. The van der Waals surface area contributed by atoms with E-state index < -0.39 is 5.97 Å². The molecule has 0 aromatic heterocycles. The van der Waals surface area contributed by atoms with Gasteiger partial charge in [0.05, 0.1) is 0 Å².